The second-order valence-corrected chi connectivity index (χ2v) is 4.47. The summed E-state index contributed by atoms with van der Waals surface area (Å²) in [6, 6.07) is 4.97. The van der Waals surface area contributed by atoms with Gasteiger partial charge < -0.3 is 5.73 Å². The van der Waals surface area contributed by atoms with Gasteiger partial charge in [0.15, 0.2) is 0 Å². The lowest BCUT2D eigenvalue weighted by atomic mass is 10.1. The Hall–Kier alpha value is -1.89. The van der Waals surface area contributed by atoms with Crippen LogP contribution in [0.15, 0.2) is 30.6 Å². The molecular weight excluding hydrogens is 275 g/mol. The number of nitrogens with zero attached hydrogens (tertiary/aromatic N) is 2. The van der Waals surface area contributed by atoms with Gasteiger partial charge in [0, 0.05) is 11.8 Å². The fourth-order valence-electron chi connectivity index (χ4n) is 1.68. The molecule has 0 fully saturated rings. The van der Waals surface area contributed by atoms with Gasteiger partial charge in [-0.1, -0.05) is 12.2 Å². The lowest BCUT2D eigenvalue weighted by Crippen LogP contribution is -2.11. The third-order valence-corrected chi connectivity index (χ3v) is 2.87. The first-order valence-electron chi connectivity index (χ1n) is 5.32. The molecule has 19 heavy (non-hydrogen) atoms. The fraction of sp³-hybridized carbons (Fsp3) is 0.167. The maximum absolute atomic E-state index is 12.5. The molecule has 1 aromatic heterocycles. The van der Waals surface area contributed by atoms with Crippen LogP contribution in [-0.2, 0) is 6.18 Å². The van der Waals surface area contributed by atoms with Crippen molar-refractivity contribution in [2.24, 2.45) is 5.73 Å². The van der Waals surface area contributed by atoms with Gasteiger partial charge in [0.2, 0.25) is 0 Å². The third kappa shape index (κ3) is 2.76. The number of hydrogen-bond donors (Lipinski definition) is 1. The number of aromatic nitrogens is 2. The molecular formula is C12H10F3N3S. The Labute approximate surface area is 112 Å². The van der Waals surface area contributed by atoms with Crippen molar-refractivity contribution in [2.75, 3.05) is 0 Å². The van der Waals surface area contributed by atoms with Crippen LogP contribution < -0.4 is 5.73 Å². The van der Waals surface area contributed by atoms with E-state index < -0.39 is 11.7 Å². The van der Waals surface area contributed by atoms with Crippen molar-refractivity contribution in [3.05, 3.63) is 47.3 Å². The van der Waals surface area contributed by atoms with Crippen LogP contribution in [0.1, 0.15) is 16.7 Å². The fourth-order valence-corrected chi connectivity index (χ4v) is 1.91. The number of nitrogens with two attached hydrogens (primary N) is 1. The van der Waals surface area contributed by atoms with Crippen molar-refractivity contribution in [3.8, 4) is 5.69 Å². The van der Waals surface area contributed by atoms with E-state index in [1.165, 1.54) is 4.68 Å². The van der Waals surface area contributed by atoms with E-state index in [1.807, 2.05) is 0 Å². The average molecular weight is 285 g/mol. The van der Waals surface area contributed by atoms with E-state index in [1.54, 1.807) is 25.1 Å². The Bertz CT molecular complexity index is 631. The second kappa shape index (κ2) is 4.65. The molecule has 2 N–H and O–H groups in total. The summed E-state index contributed by atoms with van der Waals surface area (Å²) in [7, 11) is 0. The molecule has 0 bridgehead atoms. The van der Waals surface area contributed by atoms with Crippen LogP contribution in [0.2, 0.25) is 0 Å². The summed E-state index contributed by atoms with van der Waals surface area (Å²) >= 11 is 4.87. The van der Waals surface area contributed by atoms with Crippen LogP contribution in [0.3, 0.4) is 0 Å². The van der Waals surface area contributed by atoms with E-state index in [4.69, 9.17) is 18.0 Å². The highest BCUT2D eigenvalue weighted by Gasteiger charge is 2.32. The first-order chi connectivity index (χ1) is 8.79. The van der Waals surface area contributed by atoms with Crippen LogP contribution in [-0.4, -0.2) is 14.8 Å². The highest BCUT2D eigenvalue weighted by molar-refractivity contribution is 7.80. The topological polar surface area (TPSA) is 43.8 Å². The normalized spacial score (nSPS) is 11.6. The van der Waals surface area contributed by atoms with Gasteiger partial charge in [-0.3, -0.25) is 0 Å². The zero-order chi connectivity index (χ0) is 14.2. The largest absolute Gasteiger partial charge is 0.419 e. The molecule has 2 rings (SSSR count). The number of thiocarbonyl (C=S) groups is 1. The Balaban J connectivity index is 2.40. The summed E-state index contributed by atoms with van der Waals surface area (Å²) in [4.78, 5) is 0.250. The summed E-state index contributed by atoms with van der Waals surface area (Å²) in [6.45, 7) is 1.78. The zero-order valence-electron chi connectivity index (χ0n) is 9.90. The Morgan fingerprint density at radius 1 is 1.37 bits per heavy atom. The summed E-state index contributed by atoms with van der Waals surface area (Å²) < 4.78 is 38.6. The number of hydrogen-bond acceptors (Lipinski definition) is 2. The highest BCUT2D eigenvalue weighted by Crippen LogP contribution is 2.29. The van der Waals surface area contributed by atoms with Gasteiger partial charge in [0.1, 0.15) is 4.99 Å². The van der Waals surface area contributed by atoms with Crippen molar-refractivity contribution < 1.29 is 13.2 Å². The number of aryl methyl sites for hydroxylation is 1. The molecule has 0 aliphatic rings. The molecule has 2 aromatic rings. The molecule has 100 valence electrons. The minimum atomic E-state index is -4.40. The number of rotatable bonds is 2. The second-order valence-electron chi connectivity index (χ2n) is 4.03. The van der Waals surface area contributed by atoms with Gasteiger partial charge in [-0.25, -0.2) is 4.68 Å². The van der Waals surface area contributed by atoms with Crippen molar-refractivity contribution >= 4 is 17.2 Å². The van der Waals surface area contributed by atoms with E-state index in [2.05, 4.69) is 5.10 Å². The van der Waals surface area contributed by atoms with Gasteiger partial charge in [0.05, 0.1) is 17.4 Å². The maximum Gasteiger partial charge on any atom is 0.419 e. The molecule has 0 aliphatic heterocycles. The highest BCUT2D eigenvalue weighted by atomic mass is 32.1. The smallest absolute Gasteiger partial charge is 0.389 e. The van der Waals surface area contributed by atoms with Crippen LogP contribution in [0.25, 0.3) is 5.69 Å². The van der Waals surface area contributed by atoms with Crippen molar-refractivity contribution in [2.45, 2.75) is 13.1 Å². The molecule has 1 heterocycles. The van der Waals surface area contributed by atoms with Crippen LogP contribution in [0, 0.1) is 6.92 Å². The van der Waals surface area contributed by atoms with Gasteiger partial charge in [-0.05, 0) is 30.7 Å². The molecule has 0 aliphatic carbocycles. The SMILES string of the molecule is Cc1cc(-n2cc(C(F)(F)F)cn2)ccc1C(N)=S. The molecule has 0 saturated heterocycles. The Morgan fingerprint density at radius 3 is 2.53 bits per heavy atom. The summed E-state index contributed by atoms with van der Waals surface area (Å²) in [5.41, 5.74) is 6.74. The first-order valence-corrected chi connectivity index (χ1v) is 5.72. The van der Waals surface area contributed by atoms with Crippen LogP contribution >= 0.6 is 12.2 Å². The molecule has 0 amide bonds. The van der Waals surface area contributed by atoms with Gasteiger partial charge in [-0.2, -0.15) is 18.3 Å². The quantitative estimate of drug-likeness (QED) is 0.863. The van der Waals surface area contributed by atoms with Crippen molar-refractivity contribution in [1.29, 1.82) is 0 Å². The van der Waals surface area contributed by atoms with E-state index in [9.17, 15) is 13.2 Å². The van der Waals surface area contributed by atoms with Gasteiger partial charge in [0.25, 0.3) is 0 Å². The number of alkyl halides is 3. The molecule has 7 heteroatoms. The minimum Gasteiger partial charge on any atom is -0.389 e. The van der Waals surface area contributed by atoms with E-state index in [0.717, 1.165) is 18.0 Å². The number of halogens is 3. The van der Waals surface area contributed by atoms with Gasteiger partial charge >= 0.3 is 6.18 Å². The van der Waals surface area contributed by atoms with Crippen LogP contribution in [0.5, 0.6) is 0 Å². The molecule has 0 atom stereocenters. The van der Waals surface area contributed by atoms with E-state index in [-0.39, 0.29) is 4.99 Å². The predicted octanol–water partition coefficient (Wildman–Crippen LogP) is 2.83. The van der Waals surface area contributed by atoms with Crippen molar-refractivity contribution in [3.63, 3.8) is 0 Å². The molecule has 0 spiro atoms. The molecule has 0 unspecified atom stereocenters. The molecule has 3 nitrogen and oxygen atoms in total. The minimum absolute atomic E-state index is 0.250. The Morgan fingerprint density at radius 2 is 2.05 bits per heavy atom. The van der Waals surface area contributed by atoms with E-state index >= 15 is 0 Å². The standard InChI is InChI=1S/C12H10F3N3S/c1-7-4-9(2-3-10(7)11(16)19)18-6-8(5-17-18)12(13,14)15/h2-6H,1H3,(H2,16,19). The lowest BCUT2D eigenvalue weighted by molar-refractivity contribution is -0.137. The first kappa shape index (κ1) is 13.5. The number of benzene rings is 1. The monoisotopic (exact) mass is 285 g/mol. The molecule has 0 radical (unpaired) electrons. The summed E-state index contributed by atoms with van der Waals surface area (Å²) in [5.74, 6) is 0. The lowest BCUT2D eigenvalue weighted by Gasteiger charge is -2.07. The summed E-state index contributed by atoms with van der Waals surface area (Å²) in [5, 5.41) is 3.70. The molecule has 0 saturated carbocycles. The molecule has 1 aromatic carbocycles. The summed E-state index contributed by atoms with van der Waals surface area (Å²) in [6.07, 6.45) is -2.67. The van der Waals surface area contributed by atoms with Crippen molar-refractivity contribution in [1.82, 2.24) is 9.78 Å². The van der Waals surface area contributed by atoms with Gasteiger partial charge in [-0.15, -0.1) is 0 Å². The zero-order valence-corrected chi connectivity index (χ0v) is 10.7. The van der Waals surface area contributed by atoms with Crippen LogP contribution in [0.4, 0.5) is 13.2 Å². The predicted molar refractivity (Wildman–Crippen MR) is 69.2 cm³/mol. The third-order valence-electron chi connectivity index (χ3n) is 2.65. The average Bonchev–Trinajstić information content (AvgIpc) is 2.76. The Kier molecular flexibility index (Phi) is 3.32. The van der Waals surface area contributed by atoms with E-state index in [0.29, 0.717) is 11.3 Å². The maximum atomic E-state index is 12.5.